The van der Waals surface area contributed by atoms with Gasteiger partial charge in [0, 0.05) is 24.0 Å². The minimum absolute atomic E-state index is 0.0691. The summed E-state index contributed by atoms with van der Waals surface area (Å²) in [5.74, 6) is -0.0691. The topological polar surface area (TPSA) is 83.8 Å². The molecule has 0 aliphatic carbocycles. The van der Waals surface area contributed by atoms with Crippen LogP contribution in [0.15, 0.2) is 24.4 Å². The highest BCUT2D eigenvalue weighted by molar-refractivity contribution is 5.93. The fourth-order valence-corrected chi connectivity index (χ4v) is 1.38. The third kappa shape index (κ3) is 2.13. The van der Waals surface area contributed by atoms with Crippen molar-refractivity contribution in [2.45, 2.75) is 6.42 Å². The summed E-state index contributed by atoms with van der Waals surface area (Å²) in [4.78, 5) is 11.3. The highest BCUT2D eigenvalue weighted by Gasteiger charge is 2.02. The molecule has 0 fully saturated rings. The number of carbonyl (C=O) groups is 1. The summed E-state index contributed by atoms with van der Waals surface area (Å²) in [6.45, 7) is 0.361. The van der Waals surface area contributed by atoms with Gasteiger partial charge >= 0.3 is 0 Å². The lowest BCUT2D eigenvalue weighted by Crippen LogP contribution is -2.15. The lowest BCUT2D eigenvalue weighted by molar-refractivity contribution is -0.116. The zero-order valence-corrected chi connectivity index (χ0v) is 8.16. The van der Waals surface area contributed by atoms with Gasteiger partial charge in [-0.25, -0.2) is 0 Å². The molecule has 2 aromatic rings. The number of anilines is 1. The van der Waals surface area contributed by atoms with Crippen LogP contribution in [0.1, 0.15) is 6.42 Å². The average molecular weight is 204 g/mol. The minimum Gasteiger partial charge on any atom is -0.330 e. The molecule has 0 bridgehead atoms. The molecule has 1 aromatic carbocycles. The van der Waals surface area contributed by atoms with Gasteiger partial charge in [-0.05, 0) is 18.2 Å². The number of hydrogen-bond donors (Lipinski definition) is 3. The number of rotatable bonds is 3. The van der Waals surface area contributed by atoms with E-state index < -0.39 is 0 Å². The van der Waals surface area contributed by atoms with Crippen LogP contribution in [0.4, 0.5) is 5.69 Å². The van der Waals surface area contributed by atoms with Crippen LogP contribution in [0.3, 0.4) is 0 Å². The van der Waals surface area contributed by atoms with Gasteiger partial charge in [0.05, 0.1) is 11.7 Å². The number of benzene rings is 1. The van der Waals surface area contributed by atoms with E-state index in [-0.39, 0.29) is 5.91 Å². The third-order valence-electron chi connectivity index (χ3n) is 2.10. The fourth-order valence-electron chi connectivity index (χ4n) is 1.38. The van der Waals surface area contributed by atoms with Gasteiger partial charge in [-0.15, -0.1) is 0 Å². The van der Waals surface area contributed by atoms with Gasteiger partial charge in [-0.3, -0.25) is 9.89 Å². The minimum atomic E-state index is -0.0691. The average Bonchev–Trinajstić information content (AvgIpc) is 2.65. The number of nitrogens with two attached hydrogens (primary N) is 1. The quantitative estimate of drug-likeness (QED) is 0.693. The molecule has 0 unspecified atom stereocenters. The van der Waals surface area contributed by atoms with Crippen LogP contribution in [0.5, 0.6) is 0 Å². The third-order valence-corrected chi connectivity index (χ3v) is 2.10. The van der Waals surface area contributed by atoms with Crippen LogP contribution in [0.25, 0.3) is 10.9 Å². The molecule has 5 heteroatoms. The summed E-state index contributed by atoms with van der Waals surface area (Å²) < 4.78 is 0. The number of aromatic amines is 1. The molecule has 0 saturated carbocycles. The van der Waals surface area contributed by atoms with Gasteiger partial charge in [0.1, 0.15) is 0 Å². The van der Waals surface area contributed by atoms with Crippen LogP contribution in [0, 0.1) is 0 Å². The van der Waals surface area contributed by atoms with Crippen LogP contribution in [0.2, 0.25) is 0 Å². The number of H-pyrrole nitrogens is 1. The van der Waals surface area contributed by atoms with E-state index in [1.54, 1.807) is 6.20 Å². The predicted octanol–water partition coefficient (Wildman–Crippen LogP) is 0.850. The molecule has 5 nitrogen and oxygen atoms in total. The van der Waals surface area contributed by atoms with Crippen LogP contribution in [-0.2, 0) is 4.79 Å². The van der Waals surface area contributed by atoms with E-state index in [2.05, 4.69) is 15.5 Å². The fraction of sp³-hybridized carbons (Fsp3) is 0.200. The zero-order chi connectivity index (χ0) is 10.7. The molecule has 0 atom stereocenters. The van der Waals surface area contributed by atoms with E-state index in [1.165, 1.54) is 0 Å². The van der Waals surface area contributed by atoms with Crippen molar-refractivity contribution < 1.29 is 4.79 Å². The smallest absolute Gasteiger partial charge is 0.225 e. The summed E-state index contributed by atoms with van der Waals surface area (Å²) in [6, 6.07) is 5.57. The van der Waals surface area contributed by atoms with Gasteiger partial charge < -0.3 is 11.1 Å². The Bertz CT molecular complexity index is 477. The molecule has 1 heterocycles. The summed E-state index contributed by atoms with van der Waals surface area (Å²) in [5.41, 5.74) is 7.00. The Morgan fingerprint density at radius 3 is 3.20 bits per heavy atom. The van der Waals surface area contributed by atoms with E-state index in [0.717, 1.165) is 16.6 Å². The van der Waals surface area contributed by atoms with Crippen LogP contribution >= 0.6 is 0 Å². The molecule has 0 saturated heterocycles. The molecule has 1 amide bonds. The van der Waals surface area contributed by atoms with E-state index in [4.69, 9.17) is 5.73 Å². The molecule has 15 heavy (non-hydrogen) atoms. The van der Waals surface area contributed by atoms with Gasteiger partial charge in [-0.2, -0.15) is 5.10 Å². The van der Waals surface area contributed by atoms with Gasteiger partial charge in [0.15, 0.2) is 0 Å². The van der Waals surface area contributed by atoms with Crippen molar-refractivity contribution in [2.24, 2.45) is 5.73 Å². The highest BCUT2D eigenvalue weighted by atomic mass is 16.1. The number of carbonyl (C=O) groups excluding carboxylic acids is 1. The first-order valence-electron chi connectivity index (χ1n) is 4.72. The normalized spacial score (nSPS) is 10.5. The molecule has 1 aromatic heterocycles. The number of fused-ring (bicyclic) bond motifs is 1. The molecular formula is C10H12N4O. The lowest BCUT2D eigenvalue weighted by Gasteiger charge is -2.03. The van der Waals surface area contributed by atoms with Crippen molar-refractivity contribution in [3.05, 3.63) is 24.4 Å². The summed E-state index contributed by atoms with van der Waals surface area (Å²) in [7, 11) is 0. The van der Waals surface area contributed by atoms with Gasteiger partial charge in [0.2, 0.25) is 5.91 Å². The largest absolute Gasteiger partial charge is 0.330 e. The maximum Gasteiger partial charge on any atom is 0.225 e. The second kappa shape index (κ2) is 4.10. The van der Waals surface area contributed by atoms with E-state index in [0.29, 0.717) is 13.0 Å². The maximum atomic E-state index is 11.3. The lowest BCUT2D eigenvalue weighted by atomic mass is 10.2. The van der Waals surface area contributed by atoms with Crippen molar-refractivity contribution >= 4 is 22.5 Å². The molecular weight excluding hydrogens is 192 g/mol. The number of hydrogen-bond acceptors (Lipinski definition) is 3. The second-order valence-electron chi connectivity index (χ2n) is 3.26. The van der Waals surface area contributed by atoms with Crippen molar-refractivity contribution in [1.29, 1.82) is 0 Å². The first kappa shape index (κ1) is 9.67. The van der Waals surface area contributed by atoms with Gasteiger partial charge in [-0.1, -0.05) is 0 Å². The SMILES string of the molecule is NCCC(=O)Nc1ccc2[nH]ncc2c1. The highest BCUT2D eigenvalue weighted by Crippen LogP contribution is 2.16. The molecule has 0 radical (unpaired) electrons. The molecule has 2 rings (SSSR count). The monoisotopic (exact) mass is 204 g/mol. The summed E-state index contributed by atoms with van der Waals surface area (Å²) >= 11 is 0. The molecule has 0 aliphatic heterocycles. The predicted molar refractivity (Wildman–Crippen MR) is 58.4 cm³/mol. The van der Waals surface area contributed by atoms with Crippen LogP contribution < -0.4 is 11.1 Å². The standard InChI is InChI=1S/C10H12N4O/c11-4-3-10(15)13-8-1-2-9-7(5-8)6-12-14-9/h1-2,5-6H,3-4,11H2,(H,12,14)(H,13,15). The summed E-state index contributed by atoms with van der Waals surface area (Å²) in [5, 5.41) is 10.5. The van der Waals surface area contributed by atoms with Crippen molar-refractivity contribution in [3.8, 4) is 0 Å². The maximum absolute atomic E-state index is 11.3. The first-order valence-corrected chi connectivity index (χ1v) is 4.72. The Labute approximate surface area is 86.7 Å². The summed E-state index contributed by atoms with van der Waals surface area (Å²) in [6.07, 6.45) is 2.05. The van der Waals surface area contributed by atoms with Crippen molar-refractivity contribution in [1.82, 2.24) is 10.2 Å². The Kier molecular flexibility index (Phi) is 2.64. The molecule has 4 N–H and O–H groups in total. The Morgan fingerprint density at radius 1 is 1.53 bits per heavy atom. The Balaban J connectivity index is 2.17. The molecule has 78 valence electrons. The van der Waals surface area contributed by atoms with Gasteiger partial charge in [0.25, 0.3) is 0 Å². The second-order valence-corrected chi connectivity index (χ2v) is 3.26. The van der Waals surface area contributed by atoms with Crippen molar-refractivity contribution in [3.63, 3.8) is 0 Å². The molecule has 0 spiro atoms. The zero-order valence-electron chi connectivity index (χ0n) is 8.16. The van der Waals surface area contributed by atoms with Crippen LogP contribution in [-0.4, -0.2) is 22.6 Å². The Hall–Kier alpha value is -1.88. The number of nitrogens with one attached hydrogen (secondary N) is 2. The number of amides is 1. The molecule has 0 aliphatic rings. The number of nitrogens with zero attached hydrogens (tertiary/aromatic N) is 1. The van der Waals surface area contributed by atoms with E-state index in [1.807, 2.05) is 18.2 Å². The van der Waals surface area contributed by atoms with E-state index >= 15 is 0 Å². The Morgan fingerprint density at radius 2 is 2.40 bits per heavy atom. The first-order chi connectivity index (χ1) is 7.29. The van der Waals surface area contributed by atoms with Crippen molar-refractivity contribution in [2.75, 3.05) is 11.9 Å². The van der Waals surface area contributed by atoms with E-state index in [9.17, 15) is 4.79 Å². The number of aromatic nitrogens is 2.